The van der Waals surface area contributed by atoms with Crippen LogP contribution in [0.15, 0.2) is 24.3 Å². The van der Waals surface area contributed by atoms with Crippen molar-refractivity contribution in [1.29, 1.82) is 5.26 Å². The summed E-state index contributed by atoms with van der Waals surface area (Å²) in [5.41, 5.74) is 7.45. The van der Waals surface area contributed by atoms with Gasteiger partial charge in [0.05, 0.1) is 11.6 Å². The van der Waals surface area contributed by atoms with Crippen molar-refractivity contribution in [1.82, 2.24) is 15.2 Å². The molecule has 1 atom stereocenters. The number of nitriles is 1. The van der Waals surface area contributed by atoms with Crippen LogP contribution in [0.5, 0.6) is 0 Å². The zero-order valence-electron chi connectivity index (χ0n) is 11.1. The van der Waals surface area contributed by atoms with Crippen LogP contribution in [0.25, 0.3) is 11.4 Å². The van der Waals surface area contributed by atoms with Crippen molar-refractivity contribution in [3.05, 3.63) is 29.8 Å². The lowest BCUT2D eigenvalue weighted by molar-refractivity contribution is 0.500. The van der Waals surface area contributed by atoms with Crippen molar-refractivity contribution in [2.45, 2.75) is 18.9 Å². The van der Waals surface area contributed by atoms with E-state index in [0.29, 0.717) is 17.3 Å². The van der Waals surface area contributed by atoms with E-state index in [9.17, 15) is 0 Å². The quantitative estimate of drug-likeness (QED) is 0.855. The highest BCUT2D eigenvalue weighted by atomic mass is 15.4. The number of hydrogen-bond acceptors (Lipinski definition) is 5. The van der Waals surface area contributed by atoms with E-state index in [1.165, 1.54) is 0 Å². The maximum atomic E-state index is 8.93. The Kier molecular flexibility index (Phi) is 3.35. The summed E-state index contributed by atoms with van der Waals surface area (Å²) in [6.07, 6.45) is 2.12. The summed E-state index contributed by atoms with van der Waals surface area (Å²) >= 11 is 0. The number of piperidine rings is 1. The molecule has 0 saturated carbocycles. The Bertz CT molecular complexity index is 641. The molecule has 0 amide bonds. The second-order valence-electron chi connectivity index (χ2n) is 5.02. The van der Waals surface area contributed by atoms with E-state index in [-0.39, 0.29) is 6.04 Å². The van der Waals surface area contributed by atoms with Gasteiger partial charge in [-0.1, -0.05) is 12.1 Å². The molecule has 6 heteroatoms. The lowest BCUT2D eigenvalue weighted by Crippen LogP contribution is -2.43. The van der Waals surface area contributed by atoms with Crippen molar-refractivity contribution in [2.75, 3.05) is 18.0 Å². The van der Waals surface area contributed by atoms with Crippen LogP contribution < -0.4 is 10.6 Å². The lowest BCUT2D eigenvalue weighted by Gasteiger charge is -2.29. The van der Waals surface area contributed by atoms with Crippen LogP contribution in [0.4, 0.5) is 5.95 Å². The molecule has 0 spiro atoms. The van der Waals surface area contributed by atoms with E-state index in [1.54, 1.807) is 12.1 Å². The predicted octanol–water partition coefficient (Wildman–Crippen LogP) is 1.27. The molecule has 1 fully saturated rings. The molecule has 3 rings (SSSR count). The highest BCUT2D eigenvalue weighted by Gasteiger charge is 2.20. The van der Waals surface area contributed by atoms with Gasteiger partial charge < -0.3 is 10.6 Å². The van der Waals surface area contributed by atoms with Crippen LogP contribution in [-0.4, -0.2) is 34.3 Å². The largest absolute Gasteiger partial charge is 0.338 e. The Hall–Kier alpha value is -2.39. The first kappa shape index (κ1) is 12.6. The molecule has 1 aliphatic rings. The number of aromatic nitrogens is 3. The number of rotatable bonds is 2. The van der Waals surface area contributed by atoms with Crippen molar-refractivity contribution >= 4 is 5.95 Å². The van der Waals surface area contributed by atoms with Gasteiger partial charge in [-0.05, 0) is 25.0 Å². The van der Waals surface area contributed by atoms with Crippen molar-refractivity contribution in [2.24, 2.45) is 5.73 Å². The third kappa shape index (κ3) is 2.49. The number of nitrogens with one attached hydrogen (secondary N) is 1. The molecule has 20 heavy (non-hydrogen) atoms. The first-order valence-electron chi connectivity index (χ1n) is 6.70. The summed E-state index contributed by atoms with van der Waals surface area (Å²) < 4.78 is 0. The number of nitrogens with two attached hydrogens (primary N) is 1. The Morgan fingerprint density at radius 2 is 2.35 bits per heavy atom. The molecule has 1 saturated heterocycles. The standard InChI is InChI=1S/C14H16N6/c15-8-10-3-1-4-11(7-10)13-17-14(19-18-13)20-6-2-5-12(16)9-20/h1,3-4,7,12H,2,5-6,9,16H2,(H,17,18,19). The maximum Gasteiger partial charge on any atom is 0.245 e. The number of benzene rings is 1. The summed E-state index contributed by atoms with van der Waals surface area (Å²) in [4.78, 5) is 6.61. The summed E-state index contributed by atoms with van der Waals surface area (Å²) in [5, 5.41) is 16.1. The zero-order valence-corrected chi connectivity index (χ0v) is 11.1. The molecular weight excluding hydrogens is 252 g/mol. The Morgan fingerprint density at radius 3 is 3.15 bits per heavy atom. The van der Waals surface area contributed by atoms with Crippen LogP contribution in [0.3, 0.4) is 0 Å². The topological polar surface area (TPSA) is 94.6 Å². The van der Waals surface area contributed by atoms with E-state index in [4.69, 9.17) is 11.0 Å². The fourth-order valence-corrected chi connectivity index (χ4v) is 2.45. The molecule has 2 aromatic rings. The molecule has 3 N–H and O–H groups in total. The van der Waals surface area contributed by atoms with Crippen LogP contribution in [0, 0.1) is 11.3 Å². The van der Waals surface area contributed by atoms with Gasteiger partial charge in [-0.25, -0.2) is 0 Å². The van der Waals surface area contributed by atoms with Crippen molar-refractivity contribution in [3.63, 3.8) is 0 Å². The SMILES string of the molecule is N#Cc1cccc(-c2nc(N3CCCC(N)C3)n[nH]2)c1. The Morgan fingerprint density at radius 1 is 1.45 bits per heavy atom. The zero-order chi connectivity index (χ0) is 13.9. The Labute approximate surface area is 117 Å². The second kappa shape index (κ2) is 5.31. The second-order valence-corrected chi connectivity index (χ2v) is 5.02. The fourth-order valence-electron chi connectivity index (χ4n) is 2.45. The van der Waals surface area contributed by atoms with E-state index >= 15 is 0 Å². The number of hydrogen-bond donors (Lipinski definition) is 2. The van der Waals surface area contributed by atoms with Crippen LogP contribution in [0.2, 0.25) is 0 Å². The van der Waals surface area contributed by atoms with E-state index < -0.39 is 0 Å². The van der Waals surface area contributed by atoms with Gasteiger partial charge in [-0.3, -0.25) is 5.10 Å². The third-order valence-electron chi connectivity index (χ3n) is 3.48. The molecule has 102 valence electrons. The minimum atomic E-state index is 0.188. The van der Waals surface area contributed by atoms with Gasteiger partial charge >= 0.3 is 0 Å². The summed E-state index contributed by atoms with van der Waals surface area (Å²) in [5.74, 6) is 1.36. The molecule has 1 aliphatic heterocycles. The average Bonchev–Trinajstić information content (AvgIpc) is 2.97. The number of aromatic amines is 1. The number of nitrogens with zero attached hydrogens (tertiary/aromatic N) is 4. The molecule has 0 aliphatic carbocycles. The lowest BCUT2D eigenvalue weighted by atomic mass is 10.1. The summed E-state index contributed by atoms with van der Waals surface area (Å²) in [6, 6.07) is 9.63. The predicted molar refractivity (Wildman–Crippen MR) is 76.0 cm³/mol. The highest BCUT2D eigenvalue weighted by molar-refractivity contribution is 5.59. The van der Waals surface area contributed by atoms with Gasteiger partial charge in [-0.15, -0.1) is 5.10 Å². The molecule has 1 unspecified atom stereocenters. The van der Waals surface area contributed by atoms with Crippen molar-refractivity contribution < 1.29 is 0 Å². The van der Waals surface area contributed by atoms with Crippen LogP contribution >= 0.6 is 0 Å². The van der Waals surface area contributed by atoms with Crippen LogP contribution in [-0.2, 0) is 0 Å². The fraction of sp³-hybridized carbons (Fsp3) is 0.357. The monoisotopic (exact) mass is 268 g/mol. The summed E-state index contributed by atoms with van der Waals surface area (Å²) in [6.45, 7) is 1.72. The van der Waals surface area contributed by atoms with Gasteiger partial charge in [0.25, 0.3) is 0 Å². The van der Waals surface area contributed by atoms with Crippen LogP contribution in [0.1, 0.15) is 18.4 Å². The first-order chi connectivity index (χ1) is 9.76. The molecule has 1 aromatic carbocycles. The Balaban J connectivity index is 1.84. The van der Waals surface area contributed by atoms with Gasteiger partial charge in [0.1, 0.15) is 0 Å². The number of H-pyrrole nitrogens is 1. The number of anilines is 1. The van der Waals surface area contributed by atoms with Crippen molar-refractivity contribution in [3.8, 4) is 17.5 Å². The molecular formula is C14H16N6. The molecule has 1 aromatic heterocycles. The van der Waals surface area contributed by atoms with E-state index in [2.05, 4.69) is 26.2 Å². The van der Waals surface area contributed by atoms with Gasteiger partial charge in [0, 0.05) is 24.7 Å². The third-order valence-corrected chi connectivity index (χ3v) is 3.48. The molecule has 2 heterocycles. The highest BCUT2D eigenvalue weighted by Crippen LogP contribution is 2.20. The van der Waals surface area contributed by atoms with E-state index in [0.717, 1.165) is 31.5 Å². The van der Waals surface area contributed by atoms with Gasteiger partial charge in [0.15, 0.2) is 5.82 Å². The summed E-state index contributed by atoms with van der Waals surface area (Å²) in [7, 11) is 0. The maximum absolute atomic E-state index is 8.93. The first-order valence-corrected chi connectivity index (χ1v) is 6.70. The normalized spacial score (nSPS) is 18.8. The molecule has 0 bridgehead atoms. The minimum Gasteiger partial charge on any atom is -0.338 e. The molecule has 0 radical (unpaired) electrons. The van der Waals surface area contributed by atoms with Gasteiger partial charge in [0.2, 0.25) is 5.95 Å². The minimum absolute atomic E-state index is 0.188. The van der Waals surface area contributed by atoms with E-state index in [1.807, 2.05) is 12.1 Å². The average molecular weight is 268 g/mol. The smallest absolute Gasteiger partial charge is 0.245 e. The molecule has 6 nitrogen and oxygen atoms in total. The van der Waals surface area contributed by atoms with Gasteiger partial charge in [-0.2, -0.15) is 10.2 Å².